The number of benzene rings is 2. The van der Waals surface area contributed by atoms with E-state index in [4.69, 9.17) is 0 Å². The van der Waals surface area contributed by atoms with Gasteiger partial charge in [0.25, 0.3) is 5.91 Å². The summed E-state index contributed by atoms with van der Waals surface area (Å²) < 4.78 is 27.1. The van der Waals surface area contributed by atoms with Gasteiger partial charge in [-0.2, -0.15) is 0 Å². The molecular weight excluding hydrogens is 410 g/mol. The lowest BCUT2D eigenvalue weighted by molar-refractivity contribution is 0.0951. The highest BCUT2D eigenvalue weighted by Gasteiger charge is 2.28. The van der Waals surface area contributed by atoms with Gasteiger partial charge in [0.15, 0.2) is 0 Å². The first-order chi connectivity index (χ1) is 14.9. The lowest BCUT2D eigenvalue weighted by Gasteiger charge is -2.30. The van der Waals surface area contributed by atoms with Crippen LogP contribution in [-0.4, -0.2) is 38.4 Å². The second-order valence-electron chi connectivity index (χ2n) is 8.90. The zero-order valence-electron chi connectivity index (χ0n) is 18.0. The van der Waals surface area contributed by atoms with Crippen LogP contribution in [-0.2, 0) is 23.1 Å². The van der Waals surface area contributed by atoms with Gasteiger partial charge in [-0.3, -0.25) is 9.69 Å². The summed E-state index contributed by atoms with van der Waals surface area (Å²) in [4.78, 5) is 15.1. The average Bonchev–Trinajstić information content (AvgIpc) is 3.56. The molecule has 2 aromatic rings. The zero-order valence-corrected chi connectivity index (χ0v) is 18.8. The van der Waals surface area contributed by atoms with E-state index in [1.807, 2.05) is 0 Å². The molecule has 1 saturated heterocycles. The number of nitrogens with zero attached hydrogens (tertiary/aromatic N) is 1. The van der Waals surface area contributed by atoms with Crippen LogP contribution < -0.4 is 10.0 Å². The van der Waals surface area contributed by atoms with Crippen molar-refractivity contribution in [2.45, 2.75) is 56.6 Å². The highest BCUT2D eigenvalue weighted by atomic mass is 32.2. The predicted molar refractivity (Wildman–Crippen MR) is 121 cm³/mol. The fourth-order valence-electron chi connectivity index (χ4n) is 4.01. The third-order valence-corrected chi connectivity index (χ3v) is 7.49. The molecule has 7 heteroatoms. The normalized spacial score (nSPS) is 19.8. The van der Waals surface area contributed by atoms with Crippen LogP contribution >= 0.6 is 0 Å². The van der Waals surface area contributed by atoms with Crippen LogP contribution in [0.25, 0.3) is 0 Å². The molecule has 4 rings (SSSR count). The molecule has 1 aliphatic carbocycles. The van der Waals surface area contributed by atoms with Crippen molar-refractivity contribution in [3.05, 3.63) is 65.2 Å². The molecule has 1 amide bonds. The molecule has 0 aromatic heterocycles. The summed E-state index contributed by atoms with van der Waals surface area (Å²) in [5, 5.41) is 2.91. The van der Waals surface area contributed by atoms with Gasteiger partial charge in [0.05, 0.1) is 4.90 Å². The molecule has 2 aliphatic rings. The number of amides is 1. The molecule has 31 heavy (non-hydrogen) atoms. The Morgan fingerprint density at radius 1 is 1.00 bits per heavy atom. The van der Waals surface area contributed by atoms with Gasteiger partial charge in [-0.1, -0.05) is 31.2 Å². The largest absolute Gasteiger partial charge is 0.348 e. The Labute approximate surface area is 185 Å². The SMILES string of the molecule is CC1CCCN(Cc2ccc(CNC(=O)c3ccc(S(=O)(=O)NC4CC4)cc3)cc2)C1. The first kappa shape index (κ1) is 22.0. The van der Waals surface area contributed by atoms with E-state index in [0.717, 1.165) is 37.4 Å². The fourth-order valence-corrected chi connectivity index (χ4v) is 5.31. The molecule has 166 valence electrons. The average molecular weight is 442 g/mol. The van der Waals surface area contributed by atoms with Gasteiger partial charge in [0.2, 0.25) is 10.0 Å². The Morgan fingerprint density at radius 3 is 2.32 bits per heavy atom. The number of rotatable bonds is 8. The van der Waals surface area contributed by atoms with Gasteiger partial charge in [0, 0.05) is 31.2 Å². The van der Waals surface area contributed by atoms with Crippen LogP contribution in [0.2, 0.25) is 0 Å². The number of likely N-dealkylation sites (tertiary alicyclic amines) is 1. The molecule has 2 aromatic carbocycles. The minimum atomic E-state index is -3.50. The molecule has 2 N–H and O–H groups in total. The second kappa shape index (κ2) is 9.51. The third-order valence-electron chi connectivity index (χ3n) is 5.95. The van der Waals surface area contributed by atoms with Crippen molar-refractivity contribution in [2.75, 3.05) is 13.1 Å². The van der Waals surface area contributed by atoms with E-state index in [1.165, 1.54) is 37.1 Å². The summed E-state index contributed by atoms with van der Waals surface area (Å²) in [6.07, 6.45) is 4.37. The Kier molecular flexibility index (Phi) is 6.74. The van der Waals surface area contributed by atoms with E-state index in [-0.39, 0.29) is 16.8 Å². The number of carbonyl (C=O) groups is 1. The number of sulfonamides is 1. The lowest BCUT2D eigenvalue weighted by Crippen LogP contribution is -2.33. The van der Waals surface area contributed by atoms with E-state index in [2.05, 4.69) is 46.1 Å². The van der Waals surface area contributed by atoms with Gasteiger partial charge in [-0.05, 0) is 73.5 Å². The van der Waals surface area contributed by atoms with Crippen molar-refractivity contribution >= 4 is 15.9 Å². The van der Waals surface area contributed by atoms with Gasteiger partial charge in [0.1, 0.15) is 0 Å². The molecule has 6 nitrogen and oxygen atoms in total. The molecule has 1 saturated carbocycles. The van der Waals surface area contributed by atoms with Crippen molar-refractivity contribution in [2.24, 2.45) is 5.92 Å². The topological polar surface area (TPSA) is 78.5 Å². The van der Waals surface area contributed by atoms with Crippen molar-refractivity contribution in [1.29, 1.82) is 0 Å². The highest BCUT2D eigenvalue weighted by molar-refractivity contribution is 7.89. The van der Waals surface area contributed by atoms with Gasteiger partial charge in [-0.15, -0.1) is 0 Å². The number of piperidine rings is 1. The quantitative estimate of drug-likeness (QED) is 0.659. The number of carbonyl (C=O) groups excluding carboxylic acids is 1. The Bertz CT molecular complexity index is 999. The highest BCUT2D eigenvalue weighted by Crippen LogP contribution is 2.22. The van der Waals surface area contributed by atoms with E-state index >= 15 is 0 Å². The van der Waals surface area contributed by atoms with Crippen molar-refractivity contribution in [3.63, 3.8) is 0 Å². The maximum atomic E-state index is 12.4. The van der Waals surface area contributed by atoms with Crippen LogP contribution in [0.3, 0.4) is 0 Å². The Hall–Kier alpha value is -2.22. The molecule has 0 bridgehead atoms. The van der Waals surface area contributed by atoms with Crippen molar-refractivity contribution < 1.29 is 13.2 Å². The Balaban J connectivity index is 1.28. The monoisotopic (exact) mass is 441 g/mol. The second-order valence-corrected chi connectivity index (χ2v) is 10.6. The van der Waals surface area contributed by atoms with Crippen LogP contribution in [0.5, 0.6) is 0 Å². The fraction of sp³-hybridized carbons (Fsp3) is 0.458. The minimum Gasteiger partial charge on any atom is -0.348 e. The predicted octanol–water partition coefficient (Wildman–Crippen LogP) is 3.29. The first-order valence-electron chi connectivity index (χ1n) is 11.1. The van der Waals surface area contributed by atoms with Crippen LogP contribution in [0.4, 0.5) is 0 Å². The van der Waals surface area contributed by atoms with E-state index in [1.54, 1.807) is 12.1 Å². The number of hydrogen-bond acceptors (Lipinski definition) is 4. The molecule has 0 spiro atoms. The minimum absolute atomic E-state index is 0.0581. The maximum Gasteiger partial charge on any atom is 0.251 e. The molecule has 1 atom stereocenters. The summed E-state index contributed by atoms with van der Waals surface area (Å²) in [5.74, 6) is 0.553. The van der Waals surface area contributed by atoms with Gasteiger partial charge >= 0.3 is 0 Å². The number of hydrogen-bond donors (Lipinski definition) is 2. The van der Waals surface area contributed by atoms with E-state index < -0.39 is 10.0 Å². The molecule has 1 unspecified atom stereocenters. The van der Waals surface area contributed by atoms with Crippen molar-refractivity contribution in [1.82, 2.24) is 14.9 Å². The van der Waals surface area contributed by atoms with E-state index in [9.17, 15) is 13.2 Å². The van der Waals surface area contributed by atoms with Crippen LogP contribution in [0.15, 0.2) is 53.4 Å². The summed E-state index contributed by atoms with van der Waals surface area (Å²) in [6, 6.07) is 14.5. The summed E-state index contributed by atoms with van der Waals surface area (Å²) >= 11 is 0. The summed E-state index contributed by atoms with van der Waals surface area (Å²) in [5.41, 5.74) is 2.78. The molecule has 2 fully saturated rings. The smallest absolute Gasteiger partial charge is 0.251 e. The first-order valence-corrected chi connectivity index (χ1v) is 12.6. The molecule has 1 aliphatic heterocycles. The van der Waals surface area contributed by atoms with Crippen LogP contribution in [0.1, 0.15) is 54.1 Å². The lowest BCUT2D eigenvalue weighted by atomic mass is 9.99. The summed E-state index contributed by atoms with van der Waals surface area (Å²) in [7, 11) is -3.50. The van der Waals surface area contributed by atoms with E-state index in [0.29, 0.717) is 12.1 Å². The standard InChI is InChI=1S/C24H31N3O3S/c1-18-3-2-14-27(16-18)17-20-6-4-19(5-7-20)15-25-24(28)21-8-12-23(13-9-21)31(29,30)26-22-10-11-22/h4-9,12-13,18,22,26H,2-3,10-11,14-17H2,1H3,(H,25,28). The van der Waals surface area contributed by atoms with Gasteiger partial charge in [-0.25, -0.2) is 13.1 Å². The zero-order chi connectivity index (χ0) is 21.8. The maximum absolute atomic E-state index is 12.4. The molecule has 1 heterocycles. The van der Waals surface area contributed by atoms with Crippen molar-refractivity contribution in [3.8, 4) is 0 Å². The summed E-state index contributed by atoms with van der Waals surface area (Å²) in [6.45, 7) is 6.05. The molecule has 0 radical (unpaired) electrons. The van der Waals surface area contributed by atoms with Crippen LogP contribution in [0, 0.1) is 5.92 Å². The molecular formula is C24H31N3O3S. The number of nitrogens with one attached hydrogen (secondary N) is 2. The third kappa shape index (κ3) is 6.15. The Morgan fingerprint density at radius 2 is 1.68 bits per heavy atom. The van der Waals surface area contributed by atoms with Gasteiger partial charge < -0.3 is 5.32 Å².